The van der Waals surface area contributed by atoms with Crippen LogP contribution < -0.4 is 10.9 Å². The predicted molar refractivity (Wildman–Crippen MR) is 66.8 cm³/mol. The third-order valence-electron chi connectivity index (χ3n) is 2.41. The van der Waals surface area contributed by atoms with Gasteiger partial charge in [0.25, 0.3) is 5.56 Å². The molecule has 2 aromatic heterocycles. The highest BCUT2D eigenvalue weighted by atomic mass is 16.2. The van der Waals surface area contributed by atoms with Crippen LogP contribution >= 0.6 is 0 Å². The minimum absolute atomic E-state index is 0.0203. The molecular weight excluding hydrogens is 230 g/mol. The molecule has 0 fully saturated rings. The highest BCUT2D eigenvalue weighted by Crippen LogP contribution is 1.92. The molecule has 0 atom stereocenters. The molecule has 2 heterocycles. The van der Waals surface area contributed by atoms with E-state index in [0.29, 0.717) is 6.54 Å². The molecule has 0 aromatic carbocycles. The summed E-state index contributed by atoms with van der Waals surface area (Å²) in [4.78, 5) is 27.1. The summed E-state index contributed by atoms with van der Waals surface area (Å²) in [6.45, 7) is 0.383. The van der Waals surface area contributed by atoms with E-state index >= 15 is 0 Å². The lowest BCUT2D eigenvalue weighted by molar-refractivity contribution is -0.121. The summed E-state index contributed by atoms with van der Waals surface area (Å²) in [6.07, 6.45) is 3.26. The number of rotatable bonds is 4. The molecular formula is C13H13N3O2. The second-order valence-electron chi connectivity index (χ2n) is 3.76. The van der Waals surface area contributed by atoms with Crippen molar-refractivity contribution in [3.8, 4) is 0 Å². The van der Waals surface area contributed by atoms with Crippen LogP contribution in [0.25, 0.3) is 0 Å². The molecule has 1 amide bonds. The third kappa shape index (κ3) is 3.28. The van der Waals surface area contributed by atoms with E-state index in [1.807, 2.05) is 18.2 Å². The summed E-state index contributed by atoms with van der Waals surface area (Å²) in [7, 11) is 0. The maximum atomic E-state index is 11.6. The highest BCUT2D eigenvalue weighted by molar-refractivity contribution is 5.75. The minimum Gasteiger partial charge on any atom is -0.349 e. The van der Waals surface area contributed by atoms with Crippen molar-refractivity contribution in [3.63, 3.8) is 0 Å². The Labute approximate surface area is 104 Å². The van der Waals surface area contributed by atoms with E-state index < -0.39 is 0 Å². The van der Waals surface area contributed by atoms with Gasteiger partial charge in [-0.25, -0.2) is 0 Å². The number of carbonyl (C=O) groups is 1. The lowest BCUT2D eigenvalue weighted by atomic mass is 10.3. The van der Waals surface area contributed by atoms with Gasteiger partial charge in [-0.3, -0.25) is 14.6 Å². The van der Waals surface area contributed by atoms with Crippen molar-refractivity contribution in [2.75, 3.05) is 0 Å². The van der Waals surface area contributed by atoms with Gasteiger partial charge in [0.1, 0.15) is 6.54 Å². The van der Waals surface area contributed by atoms with Gasteiger partial charge in [0, 0.05) is 18.5 Å². The van der Waals surface area contributed by atoms with Gasteiger partial charge >= 0.3 is 0 Å². The van der Waals surface area contributed by atoms with Gasteiger partial charge in [0.05, 0.1) is 12.2 Å². The lowest BCUT2D eigenvalue weighted by Crippen LogP contribution is -2.31. The number of carbonyl (C=O) groups excluding carboxylic acids is 1. The van der Waals surface area contributed by atoms with Gasteiger partial charge in [-0.2, -0.15) is 0 Å². The number of nitrogens with one attached hydrogen (secondary N) is 1. The van der Waals surface area contributed by atoms with E-state index in [0.717, 1.165) is 5.69 Å². The van der Waals surface area contributed by atoms with Crippen LogP contribution in [-0.4, -0.2) is 15.5 Å². The van der Waals surface area contributed by atoms with Crippen LogP contribution in [0, 0.1) is 0 Å². The molecule has 0 aliphatic carbocycles. The zero-order valence-electron chi connectivity index (χ0n) is 9.74. The number of hydrogen-bond acceptors (Lipinski definition) is 3. The van der Waals surface area contributed by atoms with E-state index in [1.54, 1.807) is 24.5 Å². The average molecular weight is 243 g/mol. The maximum Gasteiger partial charge on any atom is 0.250 e. The van der Waals surface area contributed by atoms with E-state index in [1.165, 1.54) is 10.6 Å². The van der Waals surface area contributed by atoms with Crippen molar-refractivity contribution < 1.29 is 4.79 Å². The smallest absolute Gasteiger partial charge is 0.250 e. The summed E-state index contributed by atoms with van der Waals surface area (Å²) < 4.78 is 1.35. The summed E-state index contributed by atoms with van der Waals surface area (Å²) in [6, 6.07) is 10.3. The van der Waals surface area contributed by atoms with Crippen molar-refractivity contribution in [3.05, 3.63) is 64.8 Å². The number of nitrogens with zero attached hydrogens (tertiary/aromatic N) is 2. The fourth-order valence-corrected chi connectivity index (χ4v) is 1.49. The molecule has 0 radical (unpaired) electrons. The first kappa shape index (κ1) is 12.0. The zero-order chi connectivity index (χ0) is 12.8. The molecule has 0 spiro atoms. The number of aromatic nitrogens is 2. The summed E-state index contributed by atoms with van der Waals surface area (Å²) >= 11 is 0. The van der Waals surface area contributed by atoms with Crippen LogP contribution in [0.4, 0.5) is 0 Å². The van der Waals surface area contributed by atoms with Gasteiger partial charge in [0.15, 0.2) is 0 Å². The molecule has 1 N–H and O–H groups in total. The monoisotopic (exact) mass is 243 g/mol. The fourth-order valence-electron chi connectivity index (χ4n) is 1.49. The Morgan fingerprint density at radius 2 is 2.06 bits per heavy atom. The first-order valence-corrected chi connectivity index (χ1v) is 5.58. The Morgan fingerprint density at radius 3 is 2.78 bits per heavy atom. The molecule has 0 aliphatic heterocycles. The quantitative estimate of drug-likeness (QED) is 0.853. The van der Waals surface area contributed by atoms with E-state index in [4.69, 9.17) is 0 Å². The number of hydrogen-bond donors (Lipinski definition) is 1. The Bertz CT molecular complexity index is 578. The Kier molecular flexibility index (Phi) is 3.86. The molecule has 0 saturated carbocycles. The largest absolute Gasteiger partial charge is 0.349 e. The third-order valence-corrected chi connectivity index (χ3v) is 2.41. The number of pyridine rings is 2. The summed E-state index contributed by atoms with van der Waals surface area (Å²) in [5.74, 6) is -0.214. The maximum absolute atomic E-state index is 11.6. The first-order valence-electron chi connectivity index (χ1n) is 5.58. The second kappa shape index (κ2) is 5.77. The normalized spacial score (nSPS) is 10.0. The molecule has 5 nitrogen and oxygen atoms in total. The highest BCUT2D eigenvalue weighted by Gasteiger charge is 2.03. The molecule has 5 heteroatoms. The van der Waals surface area contributed by atoms with Gasteiger partial charge in [-0.05, 0) is 18.2 Å². The van der Waals surface area contributed by atoms with Crippen LogP contribution in [0.15, 0.2) is 53.6 Å². The molecule has 2 aromatic rings. The van der Waals surface area contributed by atoms with Crippen LogP contribution in [0.3, 0.4) is 0 Å². The van der Waals surface area contributed by atoms with E-state index in [2.05, 4.69) is 10.3 Å². The second-order valence-corrected chi connectivity index (χ2v) is 3.76. The average Bonchev–Trinajstić information content (AvgIpc) is 2.40. The molecule has 18 heavy (non-hydrogen) atoms. The Morgan fingerprint density at radius 1 is 1.22 bits per heavy atom. The molecule has 0 saturated heterocycles. The Balaban J connectivity index is 1.90. The van der Waals surface area contributed by atoms with Gasteiger partial charge in [-0.1, -0.05) is 12.1 Å². The zero-order valence-corrected chi connectivity index (χ0v) is 9.74. The molecule has 92 valence electrons. The van der Waals surface area contributed by atoms with Crippen molar-refractivity contribution in [1.82, 2.24) is 14.9 Å². The van der Waals surface area contributed by atoms with E-state index in [-0.39, 0.29) is 18.0 Å². The van der Waals surface area contributed by atoms with Crippen LogP contribution in [0.5, 0.6) is 0 Å². The molecule has 0 bridgehead atoms. The standard InChI is InChI=1S/C13H13N3O2/c17-12(10-16-8-4-2-6-13(16)18)15-9-11-5-1-3-7-14-11/h1-8H,9-10H2,(H,15,17). The fraction of sp³-hybridized carbons (Fsp3) is 0.154. The van der Waals surface area contributed by atoms with Crippen LogP contribution in [0.2, 0.25) is 0 Å². The predicted octanol–water partition coefficient (Wildman–Crippen LogP) is 0.560. The van der Waals surface area contributed by atoms with Crippen molar-refractivity contribution in [2.45, 2.75) is 13.1 Å². The van der Waals surface area contributed by atoms with Crippen molar-refractivity contribution >= 4 is 5.91 Å². The summed E-state index contributed by atoms with van der Waals surface area (Å²) in [5.41, 5.74) is 0.594. The lowest BCUT2D eigenvalue weighted by Gasteiger charge is -2.06. The van der Waals surface area contributed by atoms with Crippen molar-refractivity contribution in [2.24, 2.45) is 0 Å². The van der Waals surface area contributed by atoms with Gasteiger partial charge in [0.2, 0.25) is 5.91 Å². The van der Waals surface area contributed by atoms with E-state index in [9.17, 15) is 9.59 Å². The van der Waals surface area contributed by atoms with Crippen LogP contribution in [0.1, 0.15) is 5.69 Å². The summed E-state index contributed by atoms with van der Waals surface area (Å²) in [5, 5.41) is 2.71. The van der Waals surface area contributed by atoms with Crippen molar-refractivity contribution in [1.29, 1.82) is 0 Å². The molecule has 2 rings (SSSR count). The van der Waals surface area contributed by atoms with Gasteiger partial charge in [-0.15, -0.1) is 0 Å². The van der Waals surface area contributed by atoms with Gasteiger partial charge < -0.3 is 9.88 Å². The molecule has 0 aliphatic rings. The number of amides is 1. The SMILES string of the molecule is O=C(Cn1ccccc1=O)NCc1ccccn1. The molecule has 0 unspecified atom stereocenters. The topological polar surface area (TPSA) is 64.0 Å². The van der Waals surface area contributed by atoms with Crippen LogP contribution in [-0.2, 0) is 17.9 Å². The first-order chi connectivity index (χ1) is 8.75. The minimum atomic E-state index is -0.214. The Hall–Kier alpha value is -2.43.